The van der Waals surface area contributed by atoms with Crippen molar-refractivity contribution < 1.29 is 4.79 Å². The molecule has 1 heterocycles. The Kier molecular flexibility index (Phi) is 5.14. The predicted molar refractivity (Wildman–Crippen MR) is 149 cm³/mol. The zero-order valence-corrected chi connectivity index (χ0v) is 23.0. The van der Waals surface area contributed by atoms with Crippen LogP contribution in [0, 0.1) is 27.6 Å². The van der Waals surface area contributed by atoms with Crippen LogP contribution >= 0.6 is 0 Å². The topological polar surface area (TPSA) is 79.0 Å². The van der Waals surface area contributed by atoms with Gasteiger partial charge in [0.1, 0.15) is 5.69 Å². The summed E-state index contributed by atoms with van der Waals surface area (Å²) in [5.74, 6) is 1.04. The van der Waals surface area contributed by atoms with Gasteiger partial charge in [0.25, 0.3) is 5.91 Å². The maximum atomic E-state index is 13.9. The minimum atomic E-state index is -0.0359. The average Bonchev–Trinajstić information content (AvgIpc) is 3.50. The molecule has 38 heavy (non-hydrogen) atoms. The zero-order valence-electron chi connectivity index (χ0n) is 23.0. The Morgan fingerprint density at radius 3 is 2.61 bits per heavy atom. The van der Waals surface area contributed by atoms with Crippen LogP contribution in [-0.2, 0) is 11.8 Å². The Morgan fingerprint density at radius 2 is 1.92 bits per heavy atom. The van der Waals surface area contributed by atoms with E-state index in [0.717, 1.165) is 63.7 Å². The Labute approximate surface area is 225 Å². The van der Waals surface area contributed by atoms with Gasteiger partial charge in [-0.2, -0.15) is 0 Å². The highest BCUT2D eigenvalue weighted by Gasteiger charge is 2.93. The molecule has 5 unspecified atom stereocenters. The standard InChI is InChI=1S/C32H40N4O2/c1-4-8-26-27-23(18-36(26)28(37)21-9-6-5-7-10-21)16-29(2)31(20-35(3)19-30(33)13-14-30)17-22-11-12-24(34-38)15-25(22)32(27,29)31/h5-7,9-12,15,23,26-27H,4,8,13-14,16-20,33H2,1-3H3/t23-,26?,27?,29?,31?,32?/m1/s1. The molecule has 2 N–H and O–H groups in total. The van der Waals surface area contributed by atoms with Gasteiger partial charge in [0.05, 0.1) is 0 Å². The number of likely N-dealkylation sites (tertiary alicyclic amines) is 1. The van der Waals surface area contributed by atoms with Crippen LogP contribution in [0.2, 0.25) is 0 Å². The van der Waals surface area contributed by atoms with Crippen molar-refractivity contribution in [1.29, 1.82) is 0 Å². The summed E-state index contributed by atoms with van der Waals surface area (Å²) in [6.45, 7) is 7.54. The number of nitroso groups, excluding NO2 is 1. The van der Waals surface area contributed by atoms with Crippen LogP contribution in [0.1, 0.15) is 67.4 Å². The molecule has 1 amide bonds. The van der Waals surface area contributed by atoms with E-state index in [0.29, 0.717) is 17.5 Å². The van der Waals surface area contributed by atoms with Gasteiger partial charge in [-0.1, -0.05) is 44.5 Å². The smallest absolute Gasteiger partial charge is 0.254 e. The fourth-order valence-corrected chi connectivity index (χ4v) is 10.3. The van der Waals surface area contributed by atoms with Gasteiger partial charge in [0, 0.05) is 47.6 Å². The van der Waals surface area contributed by atoms with Crippen LogP contribution in [0.5, 0.6) is 0 Å². The van der Waals surface area contributed by atoms with Gasteiger partial charge in [0.15, 0.2) is 0 Å². The molecule has 7 rings (SSSR count). The second kappa shape index (κ2) is 7.98. The molecule has 2 aromatic rings. The first kappa shape index (κ1) is 24.5. The summed E-state index contributed by atoms with van der Waals surface area (Å²) in [6, 6.07) is 16.1. The van der Waals surface area contributed by atoms with Crippen molar-refractivity contribution in [2.24, 2.45) is 33.6 Å². The molecule has 4 fully saturated rings. The van der Waals surface area contributed by atoms with Crippen molar-refractivity contribution in [3.8, 4) is 0 Å². The lowest BCUT2D eigenvalue weighted by Crippen LogP contribution is -2.44. The summed E-state index contributed by atoms with van der Waals surface area (Å²) in [4.78, 5) is 30.3. The number of fused-ring (bicyclic) bond motifs is 3. The minimum absolute atomic E-state index is 0.0247. The molecule has 3 saturated carbocycles. The number of nitrogens with two attached hydrogens (primary N) is 1. The number of carbonyl (C=O) groups excluding carboxylic acids is 1. The fourth-order valence-electron chi connectivity index (χ4n) is 10.3. The number of carbonyl (C=O) groups is 1. The van der Waals surface area contributed by atoms with Crippen LogP contribution in [0.15, 0.2) is 53.7 Å². The van der Waals surface area contributed by atoms with Crippen molar-refractivity contribution in [2.45, 2.75) is 69.4 Å². The lowest BCUT2D eigenvalue weighted by Gasteiger charge is -2.36. The molecule has 6 nitrogen and oxygen atoms in total. The molecule has 1 aliphatic heterocycles. The maximum absolute atomic E-state index is 13.9. The summed E-state index contributed by atoms with van der Waals surface area (Å²) in [5, 5.41) is 3.36. The molecule has 6 heteroatoms. The summed E-state index contributed by atoms with van der Waals surface area (Å²) in [7, 11) is 2.25. The summed E-state index contributed by atoms with van der Waals surface area (Å²) in [5.41, 5.74) is 10.8. The first-order valence-corrected chi connectivity index (χ1v) is 14.5. The van der Waals surface area contributed by atoms with Crippen LogP contribution in [0.4, 0.5) is 5.69 Å². The monoisotopic (exact) mass is 512 g/mol. The van der Waals surface area contributed by atoms with Gasteiger partial charge in [-0.25, -0.2) is 0 Å². The van der Waals surface area contributed by atoms with Crippen molar-refractivity contribution >= 4 is 11.6 Å². The van der Waals surface area contributed by atoms with E-state index in [4.69, 9.17) is 5.73 Å². The second-order valence-corrected chi connectivity index (χ2v) is 13.5. The number of likely N-dealkylation sites (N-methyl/N-ethyl adjacent to an activating group) is 1. The first-order valence-electron chi connectivity index (χ1n) is 14.5. The molecule has 200 valence electrons. The van der Waals surface area contributed by atoms with E-state index in [2.05, 4.69) is 48.0 Å². The second-order valence-electron chi connectivity index (χ2n) is 13.5. The Balaban J connectivity index is 1.32. The molecule has 1 spiro atoms. The number of rotatable bonds is 8. The van der Waals surface area contributed by atoms with E-state index in [9.17, 15) is 9.70 Å². The van der Waals surface area contributed by atoms with Crippen molar-refractivity contribution in [3.05, 3.63) is 70.1 Å². The van der Waals surface area contributed by atoms with Gasteiger partial charge < -0.3 is 15.5 Å². The van der Waals surface area contributed by atoms with Crippen molar-refractivity contribution in [1.82, 2.24) is 9.80 Å². The normalized spacial score (nSPS) is 37.0. The third kappa shape index (κ3) is 2.94. The van der Waals surface area contributed by atoms with E-state index >= 15 is 0 Å². The number of benzene rings is 2. The Morgan fingerprint density at radius 1 is 1.16 bits per heavy atom. The largest absolute Gasteiger partial charge is 0.335 e. The van der Waals surface area contributed by atoms with E-state index in [-0.39, 0.29) is 33.7 Å². The lowest BCUT2D eigenvalue weighted by atomic mass is 9.72. The third-order valence-corrected chi connectivity index (χ3v) is 11.5. The number of nitrogens with zero attached hydrogens (tertiary/aromatic N) is 3. The molecule has 4 aliphatic carbocycles. The number of hydrogen-bond donors (Lipinski definition) is 1. The fraction of sp³-hybridized carbons (Fsp3) is 0.594. The van der Waals surface area contributed by atoms with Crippen molar-refractivity contribution in [3.63, 3.8) is 0 Å². The molecule has 0 aromatic heterocycles. The van der Waals surface area contributed by atoms with Crippen molar-refractivity contribution in [2.75, 3.05) is 26.7 Å². The summed E-state index contributed by atoms with van der Waals surface area (Å²) in [6.07, 6.45) is 6.45. The predicted octanol–water partition coefficient (Wildman–Crippen LogP) is 5.27. The van der Waals surface area contributed by atoms with Gasteiger partial charge in [0.2, 0.25) is 0 Å². The molecule has 0 radical (unpaired) electrons. The number of hydrogen-bond acceptors (Lipinski definition) is 5. The Hall–Kier alpha value is -2.57. The quantitative estimate of drug-likeness (QED) is 0.489. The van der Waals surface area contributed by atoms with E-state index in [1.54, 1.807) is 0 Å². The van der Waals surface area contributed by atoms with Crippen LogP contribution in [0.25, 0.3) is 0 Å². The van der Waals surface area contributed by atoms with E-state index < -0.39 is 0 Å². The first-order chi connectivity index (χ1) is 18.2. The van der Waals surface area contributed by atoms with Gasteiger partial charge in [-0.05, 0) is 97.0 Å². The summed E-state index contributed by atoms with van der Waals surface area (Å²) >= 11 is 0. The van der Waals surface area contributed by atoms with Gasteiger partial charge >= 0.3 is 0 Å². The third-order valence-electron chi connectivity index (χ3n) is 11.5. The van der Waals surface area contributed by atoms with E-state index in [1.807, 2.05) is 36.4 Å². The van der Waals surface area contributed by atoms with E-state index in [1.165, 1.54) is 11.1 Å². The molecule has 5 aliphatic rings. The maximum Gasteiger partial charge on any atom is 0.254 e. The zero-order chi connectivity index (χ0) is 26.5. The van der Waals surface area contributed by atoms with Crippen LogP contribution in [-0.4, -0.2) is 54.0 Å². The van der Waals surface area contributed by atoms with Gasteiger partial charge in [-0.15, -0.1) is 4.91 Å². The molecule has 6 atom stereocenters. The Bertz CT molecular complexity index is 1310. The molecule has 0 bridgehead atoms. The highest BCUT2D eigenvalue weighted by Crippen LogP contribution is 2.92. The molecule has 1 saturated heterocycles. The van der Waals surface area contributed by atoms with Gasteiger partial charge in [-0.3, -0.25) is 4.79 Å². The molecular formula is C32H40N4O2. The highest BCUT2D eigenvalue weighted by molar-refractivity contribution is 5.94. The molecule has 2 aromatic carbocycles. The van der Waals surface area contributed by atoms with Crippen LogP contribution in [0.3, 0.4) is 0 Å². The minimum Gasteiger partial charge on any atom is -0.335 e. The SMILES string of the molecule is CCCC1C2[C@@H](CN1C(=O)c1ccccc1)CC1(C)C3(CN(C)CC4(N)CC4)Cc4ccc(N=O)cc4C213. The highest BCUT2D eigenvalue weighted by atomic mass is 16.3. The lowest BCUT2D eigenvalue weighted by molar-refractivity contribution is 0.0689. The van der Waals surface area contributed by atoms with Crippen LogP contribution < -0.4 is 5.73 Å². The summed E-state index contributed by atoms with van der Waals surface area (Å²) < 4.78 is 0. The molecular weight excluding hydrogens is 472 g/mol. The average molecular weight is 513 g/mol. The number of amides is 1.